The molecular weight excluding hydrogens is 260 g/mol. The number of benzene rings is 2. The summed E-state index contributed by atoms with van der Waals surface area (Å²) in [5.41, 5.74) is 3.28. The molecule has 3 aromatic rings. The van der Waals surface area contributed by atoms with Gasteiger partial charge in [0.15, 0.2) is 0 Å². The first-order valence-corrected chi connectivity index (χ1v) is 7.02. The molecule has 1 heterocycles. The lowest BCUT2D eigenvalue weighted by Crippen LogP contribution is -2.13. The van der Waals surface area contributed by atoms with Crippen LogP contribution in [-0.4, -0.2) is 10.9 Å². The maximum atomic E-state index is 12.2. The van der Waals surface area contributed by atoms with Gasteiger partial charge in [-0.05, 0) is 36.2 Å². The quantitative estimate of drug-likeness (QED) is 0.784. The molecule has 0 aliphatic rings. The highest BCUT2D eigenvalue weighted by Crippen LogP contribution is 2.14. The third kappa shape index (κ3) is 2.92. The van der Waals surface area contributed by atoms with Crippen LogP contribution in [-0.2, 0) is 6.42 Å². The number of rotatable bonds is 3. The van der Waals surface area contributed by atoms with Gasteiger partial charge in [-0.2, -0.15) is 0 Å². The van der Waals surface area contributed by atoms with E-state index in [4.69, 9.17) is 0 Å². The monoisotopic (exact) mass is 276 g/mol. The molecule has 1 aromatic heterocycles. The molecule has 0 unspecified atom stereocenters. The molecule has 0 radical (unpaired) electrons. The number of carbonyl (C=O) groups excluding carboxylic acids is 1. The molecule has 1 amide bonds. The summed E-state index contributed by atoms with van der Waals surface area (Å²) in [6.45, 7) is 2.10. The summed E-state index contributed by atoms with van der Waals surface area (Å²) in [5, 5.41) is 3.90. The SMILES string of the molecule is CCc1ccc(NC(=O)c2ccc3ccccc3n2)cc1. The number of pyridine rings is 1. The van der Waals surface area contributed by atoms with Gasteiger partial charge in [0.05, 0.1) is 5.52 Å². The summed E-state index contributed by atoms with van der Waals surface area (Å²) < 4.78 is 0. The topological polar surface area (TPSA) is 42.0 Å². The fourth-order valence-corrected chi connectivity index (χ4v) is 2.21. The Bertz CT molecular complexity index is 779. The second-order valence-corrected chi connectivity index (χ2v) is 4.89. The number of nitrogens with one attached hydrogen (secondary N) is 1. The number of hydrogen-bond acceptors (Lipinski definition) is 2. The van der Waals surface area contributed by atoms with E-state index in [1.165, 1.54) is 5.56 Å². The standard InChI is InChI=1S/C18H16N2O/c1-2-13-7-10-15(11-8-13)19-18(21)17-12-9-14-5-3-4-6-16(14)20-17/h3-12H,2H2,1H3,(H,19,21). The van der Waals surface area contributed by atoms with Crippen molar-refractivity contribution in [2.45, 2.75) is 13.3 Å². The highest BCUT2D eigenvalue weighted by molar-refractivity contribution is 6.04. The molecule has 3 rings (SSSR count). The number of anilines is 1. The molecule has 0 atom stereocenters. The highest BCUT2D eigenvalue weighted by atomic mass is 16.1. The molecule has 21 heavy (non-hydrogen) atoms. The Morgan fingerprint density at radius 3 is 2.52 bits per heavy atom. The fourth-order valence-electron chi connectivity index (χ4n) is 2.21. The van der Waals surface area contributed by atoms with Gasteiger partial charge in [-0.25, -0.2) is 4.98 Å². The van der Waals surface area contributed by atoms with Crippen LogP contribution in [0.3, 0.4) is 0 Å². The number of nitrogens with zero attached hydrogens (tertiary/aromatic N) is 1. The van der Waals surface area contributed by atoms with Gasteiger partial charge in [-0.3, -0.25) is 4.79 Å². The normalized spacial score (nSPS) is 10.5. The molecule has 0 saturated heterocycles. The first-order valence-electron chi connectivity index (χ1n) is 7.02. The summed E-state index contributed by atoms with van der Waals surface area (Å²) >= 11 is 0. The molecule has 0 fully saturated rings. The first-order chi connectivity index (χ1) is 10.3. The molecule has 0 spiro atoms. The van der Waals surface area contributed by atoms with E-state index >= 15 is 0 Å². The number of hydrogen-bond donors (Lipinski definition) is 1. The molecule has 0 bridgehead atoms. The second kappa shape index (κ2) is 5.75. The molecule has 0 saturated carbocycles. The van der Waals surface area contributed by atoms with Crippen LogP contribution in [0.25, 0.3) is 10.9 Å². The molecule has 104 valence electrons. The zero-order valence-corrected chi connectivity index (χ0v) is 11.8. The van der Waals surface area contributed by atoms with Crippen molar-refractivity contribution in [3.63, 3.8) is 0 Å². The number of aromatic nitrogens is 1. The summed E-state index contributed by atoms with van der Waals surface area (Å²) in [6.07, 6.45) is 0.987. The van der Waals surface area contributed by atoms with E-state index in [-0.39, 0.29) is 5.91 Å². The number of fused-ring (bicyclic) bond motifs is 1. The van der Waals surface area contributed by atoms with E-state index in [1.807, 2.05) is 54.6 Å². The van der Waals surface area contributed by atoms with Crippen molar-refractivity contribution < 1.29 is 4.79 Å². The van der Waals surface area contributed by atoms with Gasteiger partial charge in [0.2, 0.25) is 0 Å². The van der Waals surface area contributed by atoms with E-state index < -0.39 is 0 Å². The van der Waals surface area contributed by atoms with Crippen molar-refractivity contribution in [2.24, 2.45) is 0 Å². The Hall–Kier alpha value is -2.68. The van der Waals surface area contributed by atoms with Crippen LogP contribution in [0, 0.1) is 0 Å². The maximum absolute atomic E-state index is 12.2. The van der Waals surface area contributed by atoms with Gasteiger partial charge in [-0.1, -0.05) is 43.3 Å². The number of carbonyl (C=O) groups is 1. The van der Waals surface area contributed by atoms with Gasteiger partial charge < -0.3 is 5.32 Å². The molecular formula is C18H16N2O. The van der Waals surface area contributed by atoms with Crippen LogP contribution in [0.1, 0.15) is 23.0 Å². The van der Waals surface area contributed by atoms with Crippen molar-refractivity contribution >= 4 is 22.5 Å². The van der Waals surface area contributed by atoms with Crippen LogP contribution >= 0.6 is 0 Å². The minimum absolute atomic E-state index is 0.190. The zero-order chi connectivity index (χ0) is 14.7. The van der Waals surface area contributed by atoms with E-state index in [1.54, 1.807) is 6.07 Å². The van der Waals surface area contributed by atoms with Crippen LogP contribution in [0.15, 0.2) is 60.7 Å². The van der Waals surface area contributed by atoms with Crippen LogP contribution in [0.2, 0.25) is 0 Å². The summed E-state index contributed by atoms with van der Waals surface area (Å²) in [4.78, 5) is 16.6. The maximum Gasteiger partial charge on any atom is 0.274 e. The minimum atomic E-state index is -0.190. The highest BCUT2D eigenvalue weighted by Gasteiger charge is 2.08. The van der Waals surface area contributed by atoms with Crippen LogP contribution in [0.5, 0.6) is 0 Å². The van der Waals surface area contributed by atoms with Crippen molar-refractivity contribution in [3.8, 4) is 0 Å². The van der Waals surface area contributed by atoms with Gasteiger partial charge >= 0.3 is 0 Å². The van der Waals surface area contributed by atoms with Crippen molar-refractivity contribution in [3.05, 3.63) is 71.9 Å². The summed E-state index contributed by atoms with van der Waals surface area (Å²) in [7, 11) is 0. The number of aryl methyl sites for hydroxylation is 1. The second-order valence-electron chi connectivity index (χ2n) is 4.89. The van der Waals surface area contributed by atoms with Gasteiger partial charge in [0.1, 0.15) is 5.69 Å². The van der Waals surface area contributed by atoms with Crippen LogP contribution < -0.4 is 5.32 Å². The predicted molar refractivity (Wildman–Crippen MR) is 85.5 cm³/mol. The van der Waals surface area contributed by atoms with Crippen molar-refractivity contribution in [2.75, 3.05) is 5.32 Å². The van der Waals surface area contributed by atoms with E-state index in [9.17, 15) is 4.79 Å². The minimum Gasteiger partial charge on any atom is -0.321 e. The molecule has 0 aliphatic heterocycles. The largest absolute Gasteiger partial charge is 0.321 e. The lowest BCUT2D eigenvalue weighted by Gasteiger charge is -2.06. The molecule has 1 N–H and O–H groups in total. The molecule has 3 heteroatoms. The van der Waals surface area contributed by atoms with E-state index in [2.05, 4.69) is 17.2 Å². The lowest BCUT2D eigenvalue weighted by atomic mass is 10.1. The van der Waals surface area contributed by atoms with Gasteiger partial charge in [-0.15, -0.1) is 0 Å². The molecule has 3 nitrogen and oxygen atoms in total. The summed E-state index contributed by atoms with van der Waals surface area (Å²) in [5.74, 6) is -0.190. The fraction of sp³-hybridized carbons (Fsp3) is 0.111. The van der Waals surface area contributed by atoms with E-state index in [0.717, 1.165) is 23.0 Å². The van der Waals surface area contributed by atoms with Gasteiger partial charge in [0.25, 0.3) is 5.91 Å². The number of para-hydroxylation sites is 1. The predicted octanol–water partition coefficient (Wildman–Crippen LogP) is 4.05. The smallest absolute Gasteiger partial charge is 0.274 e. The average Bonchev–Trinajstić information content (AvgIpc) is 2.55. The van der Waals surface area contributed by atoms with Gasteiger partial charge in [0, 0.05) is 11.1 Å². The summed E-state index contributed by atoms with van der Waals surface area (Å²) in [6, 6.07) is 19.3. The Balaban J connectivity index is 1.82. The Kier molecular flexibility index (Phi) is 3.65. The average molecular weight is 276 g/mol. The molecule has 2 aromatic carbocycles. The Morgan fingerprint density at radius 2 is 1.76 bits per heavy atom. The van der Waals surface area contributed by atoms with Crippen LogP contribution in [0.4, 0.5) is 5.69 Å². The third-order valence-electron chi connectivity index (χ3n) is 3.45. The molecule has 0 aliphatic carbocycles. The lowest BCUT2D eigenvalue weighted by molar-refractivity contribution is 0.102. The number of amides is 1. The third-order valence-corrected chi connectivity index (χ3v) is 3.45. The Morgan fingerprint density at radius 1 is 1.00 bits per heavy atom. The van der Waals surface area contributed by atoms with Crippen molar-refractivity contribution in [1.82, 2.24) is 4.98 Å². The first kappa shape index (κ1) is 13.3. The zero-order valence-electron chi connectivity index (χ0n) is 11.8. The Labute approximate surface area is 123 Å². The van der Waals surface area contributed by atoms with Crippen molar-refractivity contribution in [1.29, 1.82) is 0 Å². The van der Waals surface area contributed by atoms with E-state index in [0.29, 0.717) is 5.69 Å².